The quantitative estimate of drug-likeness (QED) is 0.137. The average Bonchev–Trinajstić information content (AvgIpc) is 3.68. The summed E-state index contributed by atoms with van der Waals surface area (Å²) in [4.78, 5) is 4.88. The molecule has 1 heterocycles. The number of fused-ring (bicyclic) bond motifs is 8. The smallest absolute Gasteiger partial charge is 0.227 e. The topological polar surface area (TPSA) is 26.0 Å². The molecule has 0 saturated heterocycles. The molecule has 0 radical (unpaired) electrons. The van der Waals surface area contributed by atoms with Crippen LogP contribution in [0.15, 0.2) is 192 Å². The molecule has 0 aliphatic rings. The van der Waals surface area contributed by atoms with Crippen molar-refractivity contribution in [1.82, 2.24) is 4.98 Å². The van der Waals surface area contributed by atoms with Gasteiger partial charge in [-0.3, -0.25) is 0 Å². The van der Waals surface area contributed by atoms with E-state index in [9.17, 15) is 0 Å². The van der Waals surface area contributed by atoms with Crippen molar-refractivity contribution in [3.63, 3.8) is 0 Å². The standard InChI is InChI=1S/C51H31NO/c1-3-14-33(15-4-1)46-38-18-8-7-13-32(38)25-29-44(46)49-42-21-11-9-19-40(42)47(41-20-10-12-22-43(41)49)37-26-28-39-36(31-37)24-23-34-27-30-45-50(48(34)39)53-51(52-45)35-16-5-2-6-17-35/h1-31H. The van der Waals surface area contributed by atoms with E-state index in [1.54, 1.807) is 0 Å². The van der Waals surface area contributed by atoms with Crippen LogP contribution in [0.5, 0.6) is 0 Å². The molecule has 2 nitrogen and oxygen atoms in total. The first kappa shape index (κ1) is 29.7. The van der Waals surface area contributed by atoms with Gasteiger partial charge in [0, 0.05) is 10.9 Å². The molecule has 0 aliphatic heterocycles. The van der Waals surface area contributed by atoms with E-state index < -0.39 is 0 Å². The number of hydrogen-bond acceptors (Lipinski definition) is 2. The normalized spacial score (nSPS) is 11.8. The highest BCUT2D eigenvalue weighted by molar-refractivity contribution is 6.25. The Morgan fingerprint density at radius 1 is 0.340 bits per heavy atom. The maximum atomic E-state index is 6.52. The maximum absolute atomic E-state index is 6.52. The van der Waals surface area contributed by atoms with Crippen LogP contribution < -0.4 is 0 Å². The lowest BCUT2D eigenvalue weighted by Gasteiger charge is -2.21. The van der Waals surface area contributed by atoms with Crippen molar-refractivity contribution in [1.29, 1.82) is 0 Å². The molecule has 1 aromatic heterocycles. The number of oxazole rings is 1. The van der Waals surface area contributed by atoms with E-state index in [2.05, 4.69) is 158 Å². The minimum absolute atomic E-state index is 0.640. The predicted molar refractivity (Wildman–Crippen MR) is 223 cm³/mol. The van der Waals surface area contributed by atoms with Crippen LogP contribution >= 0.6 is 0 Å². The maximum Gasteiger partial charge on any atom is 0.227 e. The molecule has 0 bridgehead atoms. The van der Waals surface area contributed by atoms with E-state index in [1.165, 1.54) is 71.1 Å². The Labute approximate surface area is 306 Å². The molecule has 0 saturated carbocycles. The summed E-state index contributed by atoms with van der Waals surface area (Å²) in [5.74, 6) is 0.640. The van der Waals surface area contributed by atoms with Crippen molar-refractivity contribution in [2.45, 2.75) is 0 Å². The van der Waals surface area contributed by atoms with Gasteiger partial charge in [0.05, 0.1) is 0 Å². The summed E-state index contributed by atoms with van der Waals surface area (Å²) in [5, 5.41) is 12.0. The van der Waals surface area contributed by atoms with Crippen LogP contribution in [0, 0.1) is 0 Å². The number of aromatic nitrogens is 1. The van der Waals surface area contributed by atoms with Crippen molar-refractivity contribution in [3.8, 4) is 44.8 Å². The molecule has 0 N–H and O–H groups in total. The van der Waals surface area contributed by atoms with Crippen molar-refractivity contribution in [3.05, 3.63) is 188 Å². The lowest BCUT2D eigenvalue weighted by molar-refractivity contribution is 0.623. The van der Waals surface area contributed by atoms with Crippen molar-refractivity contribution < 1.29 is 4.42 Å². The Morgan fingerprint density at radius 2 is 0.906 bits per heavy atom. The van der Waals surface area contributed by atoms with Gasteiger partial charge >= 0.3 is 0 Å². The summed E-state index contributed by atoms with van der Waals surface area (Å²) < 4.78 is 6.52. The van der Waals surface area contributed by atoms with Gasteiger partial charge in [-0.05, 0) is 106 Å². The highest BCUT2D eigenvalue weighted by Gasteiger charge is 2.21. The molecule has 246 valence electrons. The van der Waals surface area contributed by atoms with Gasteiger partial charge in [-0.1, -0.05) is 164 Å². The largest absolute Gasteiger partial charge is 0.435 e. The third kappa shape index (κ3) is 4.63. The second-order valence-electron chi connectivity index (χ2n) is 13.8. The van der Waals surface area contributed by atoms with E-state index >= 15 is 0 Å². The van der Waals surface area contributed by atoms with E-state index in [0.29, 0.717) is 5.89 Å². The molecule has 0 atom stereocenters. The Hall–Kier alpha value is -7.03. The number of benzene rings is 10. The first-order valence-corrected chi connectivity index (χ1v) is 18.1. The van der Waals surface area contributed by atoms with Gasteiger partial charge in [0.25, 0.3) is 0 Å². The van der Waals surface area contributed by atoms with Crippen LogP contribution in [0.3, 0.4) is 0 Å². The highest BCUT2D eigenvalue weighted by Crippen LogP contribution is 2.48. The van der Waals surface area contributed by atoms with Crippen LogP contribution in [0.25, 0.3) is 110 Å². The Balaban J connectivity index is 1.17. The lowest BCUT2D eigenvalue weighted by atomic mass is 9.82. The molecule has 10 aromatic carbocycles. The first-order valence-electron chi connectivity index (χ1n) is 18.1. The Kier molecular flexibility index (Phi) is 6.59. The number of rotatable bonds is 4. The Morgan fingerprint density at radius 3 is 1.62 bits per heavy atom. The van der Waals surface area contributed by atoms with Gasteiger partial charge in [-0.25, -0.2) is 4.98 Å². The summed E-state index contributed by atoms with van der Waals surface area (Å²) in [5.41, 5.74) is 10.1. The zero-order chi connectivity index (χ0) is 34.9. The predicted octanol–water partition coefficient (Wildman–Crippen LogP) is 14.3. The molecule has 0 aliphatic carbocycles. The second kappa shape index (κ2) is 11.8. The summed E-state index contributed by atoms with van der Waals surface area (Å²) in [6.45, 7) is 0. The molecule has 0 fully saturated rings. The van der Waals surface area contributed by atoms with Gasteiger partial charge < -0.3 is 4.42 Å². The van der Waals surface area contributed by atoms with Crippen molar-refractivity contribution in [2.24, 2.45) is 0 Å². The van der Waals surface area contributed by atoms with Crippen LogP contribution in [0.4, 0.5) is 0 Å². The van der Waals surface area contributed by atoms with Crippen molar-refractivity contribution >= 4 is 65.0 Å². The van der Waals surface area contributed by atoms with E-state index in [0.717, 1.165) is 32.8 Å². The minimum atomic E-state index is 0.640. The molecule has 53 heavy (non-hydrogen) atoms. The lowest BCUT2D eigenvalue weighted by Crippen LogP contribution is -1.93. The molecular weight excluding hydrogens is 643 g/mol. The monoisotopic (exact) mass is 673 g/mol. The van der Waals surface area contributed by atoms with E-state index in [-0.39, 0.29) is 0 Å². The van der Waals surface area contributed by atoms with Gasteiger partial charge in [0.1, 0.15) is 5.52 Å². The molecule has 0 amide bonds. The second-order valence-corrected chi connectivity index (χ2v) is 13.8. The number of nitrogens with zero attached hydrogens (tertiary/aromatic N) is 1. The fraction of sp³-hybridized carbons (Fsp3) is 0. The highest BCUT2D eigenvalue weighted by atomic mass is 16.3. The van der Waals surface area contributed by atoms with Gasteiger partial charge in [0.2, 0.25) is 5.89 Å². The van der Waals surface area contributed by atoms with Gasteiger partial charge in [-0.15, -0.1) is 0 Å². The molecule has 0 spiro atoms. The van der Waals surface area contributed by atoms with E-state index in [4.69, 9.17) is 9.40 Å². The van der Waals surface area contributed by atoms with E-state index in [1.807, 2.05) is 30.3 Å². The zero-order valence-corrected chi connectivity index (χ0v) is 28.8. The molecule has 11 rings (SSSR count). The SMILES string of the molecule is c1ccc(-c2nc3ccc4ccc5cc(-c6c7ccccc7c(-c7ccc8ccccc8c7-c7ccccc7)c7ccccc67)ccc5c4c3o2)cc1. The fourth-order valence-corrected chi connectivity index (χ4v) is 8.52. The third-order valence-corrected chi connectivity index (χ3v) is 10.9. The Bertz CT molecular complexity index is 3160. The first-order chi connectivity index (χ1) is 26.3. The third-order valence-electron chi connectivity index (χ3n) is 10.9. The average molecular weight is 674 g/mol. The minimum Gasteiger partial charge on any atom is -0.435 e. The van der Waals surface area contributed by atoms with Crippen LogP contribution in [0.2, 0.25) is 0 Å². The number of hydrogen-bond donors (Lipinski definition) is 0. The summed E-state index contributed by atoms with van der Waals surface area (Å²) >= 11 is 0. The van der Waals surface area contributed by atoms with Crippen LogP contribution in [-0.2, 0) is 0 Å². The molecular formula is C51H31NO. The fourth-order valence-electron chi connectivity index (χ4n) is 8.52. The van der Waals surface area contributed by atoms with Gasteiger partial charge in [0.15, 0.2) is 5.58 Å². The molecule has 0 unspecified atom stereocenters. The van der Waals surface area contributed by atoms with Crippen LogP contribution in [-0.4, -0.2) is 4.98 Å². The van der Waals surface area contributed by atoms with Crippen LogP contribution in [0.1, 0.15) is 0 Å². The zero-order valence-electron chi connectivity index (χ0n) is 28.8. The summed E-state index contributed by atoms with van der Waals surface area (Å²) in [7, 11) is 0. The summed E-state index contributed by atoms with van der Waals surface area (Å²) in [6, 6.07) is 67.7. The van der Waals surface area contributed by atoms with Crippen molar-refractivity contribution in [2.75, 3.05) is 0 Å². The molecule has 11 aromatic rings. The summed E-state index contributed by atoms with van der Waals surface area (Å²) in [6.07, 6.45) is 0. The molecule has 2 heteroatoms. The van der Waals surface area contributed by atoms with Gasteiger partial charge in [-0.2, -0.15) is 0 Å².